The molecule has 0 atom stereocenters. The van der Waals surface area contributed by atoms with Gasteiger partial charge in [-0.15, -0.1) is 4.40 Å². The normalized spacial score (nSPS) is 16.4. The third-order valence-corrected chi connectivity index (χ3v) is 3.58. The second-order valence-corrected chi connectivity index (χ2v) is 4.97. The molecule has 1 aliphatic heterocycles. The van der Waals surface area contributed by atoms with E-state index in [0.717, 1.165) is 6.34 Å². The van der Waals surface area contributed by atoms with E-state index in [-0.39, 0.29) is 11.4 Å². The Labute approximate surface area is 98.6 Å². The molecule has 1 aromatic rings. The van der Waals surface area contributed by atoms with E-state index in [1.165, 1.54) is 18.1 Å². The highest BCUT2D eigenvalue weighted by Crippen LogP contribution is 2.28. The van der Waals surface area contributed by atoms with Crippen LogP contribution in [0, 0.1) is 0 Å². The van der Waals surface area contributed by atoms with E-state index in [2.05, 4.69) is 9.13 Å². The van der Waals surface area contributed by atoms with Crippen LogP contribution in [0.5, 0.6) is 0 Å². The number of carbonyl (C=O) groups is 1. The number of para-hydroxylation sites is 1. The molecule has 0 N–H and O–H groups in total. The molecule has 90 valence electrons. The van der Waals surface area contributed by atoms with Crippen LogP contribution in [-0.2, 0) is 19.6 Å². The fourth-order valence-corrected chi connectivity index (χ4v) is 2.53. The summed E-state index contributed by atoms with van der Waals surface area (Å²) in [4.78, 5) is 12.7. The van der Waals surface area contributed by atoms with Gasteiger partial charge < -0.3 is 9.64 Å². The van der Waals surface area contributed by atoms with Gasteiger partial charge in [-0.2, -0.15) is 8.42 Å². The third-order valence-electron chi connectivity index (χ3n) is 2.31. The molecule has 0 radical (unpaired) electrons. The van der Waals surface area contributed by atoms with Gasteiger partial charge in [-0.3, -0.25) is 4.79 Å². The summed E-state index contributed by atoms with van der Waals surface area (Å²) in [5.41, 5.74) is 0.424. The minimum atomic E-state index is -3.64. The van der Waals surface area contributed by atoms with E-state index in [1.807, 2.05) is 0 Å². The third kappa shape index (κ3) is 2.14. The molecule has 7 heteroatoms. The van der Waals surface area contributed by atoms with E-state index in [9.17, 15) is 13.2 Å². The molecular weight excluding hydrogens is 244 g/mol. The molecule has 1 aliphatic rings. The number of hydrogen-bond acceptors (Lipinski definition) is 5. The highest BCUT2D eigenvalue weighted by molar-refractivity contribution is 7.90. The van der Waals surface area contributed by atoms with E-state index in [4.69, 9.17) is 0 Å². The Morgan fingerprint density at radius 2 is 2.12 bits per heavy atom. The molecule has 0 aliphatic carbocycles. The number of methoxy groups -OCH3 is 1. The maximum atomic E-state index is 11.6. The van der Waals surface area contributed by atoms with Crippen LogP contribution < -0.4 is 4.90 Å². The lowest BCUT2D eigenvalue weighted by molar-refractivity contribution is -0.138. The van der Waals surface area contributed by atoms with Crippen LogP contribution >= 0.6 is 0 Å². The predicted molar refractivity (Wildman–Crippen MR) is 61.5 cm³/mol. The number of sulfonamides is 1. The molecule has 0 amide bonds. The molecule has 0 saturated heterocycles. The van der Waals surface area contributed by atoms with Crippen molar-refractivity contribution in [3.63, 3.8) is 0 Å². The van der Waals surface area contributed by atoms with Crippen LogP contribution in [0.3, 0.4) is 0 Å². The van der Waals surface area contributed by atoms with Crippen molar-refractivity contribution >= 4 is 28.0 Å². The van der Waals surface area contributed by atoms with Crippen molar-refractivity contribution in [1.82, 2.24) is 0 Å². The van der Waals surface area contributed by atoms with Crippen molar-refractivity contribution < 1.29 is 17.9 Å². The number of nitrogens with zero attached hydrogens (tertiary/aromatic N) is 2. The molecule has 2 rings (SSSR count). The molecule has 1 heterocycles. The summed E-state index contributed by atoms with van der Waals surface area (Å²) in [5.74, 6) is -0.467. The molecule has 0 unspecified atom stereocenters. The van der Waals surface area contributed by atoms with Crippen molar-refractivity contribution in [2.24, 2.45) is 4.40 Å². The van der Waals surface area contributed by atoms with Gasteiger partial charge in [-0.1, -0.05) is 12.1 Å². The first kappa shape index (κ1) is 11.6. The lowest BCUT2D eigenvalue weighted by Crippen LogP contribution is -2.32. The quantitative estimate of drug-likeness (QED) is 0.714. The van der Waals surface area contributed by atoms with Crippen LogP contribution in [0.4, 0.5) is 5.69 Å². The summed E-state index contributed by atoms with van der Waals surface area (Å²) in [6, 6.07) is 6.36. The minimum Gasteiger partial charge on any atom is -0.468 e. The zero-order valence-electron chi connectivity index (χ0n) is 9.03. The van der Waals surface area contributed by atoms with Crippen molar-refractivity contribution in [3.05, 3.63) is 24.3 Å². The Morgan fingerprint density at radius 1 is 1.41 bits per heavy atom. The summed E-state index contributed by atoms with van der Waals surface area (Å²) < 4.78 is 31.2. The number of carbonyl (C=O) groups excluding carboxylic acids is 1. The van der Waals surface area contributed by atoms with Crippen molar-refractivity contribution in [3.8, 4) is 0 Å². The fourth-order valence-electron chi connectivity index (χ4n) is 1.48. The lowest BCUT2D eigenvalue weighted by Gasteiger charge is -2.23. The smallest absolute Gasteiger partial charge is 0.325 e. The first-order valence-electron chi connectivity index (χ1n) is 4.77. The second-order valence-electron chi connectivity index (χ2n) is 3.37. The van der Waals surface area contributed by atoms with Crippen LogP contribution in [0.1, 0.15) is 0 Å². The van der Waals surface area contributed by atoms with Crippen molar-refractivity contribution in [1.29, 1.82) is 0 Å². The Morgan fingerprint density at radius 3 is 2.82 bits per heavy atom. The van der Waals surface area contributed by atoms with Gasteiger partial charge in [0.05, 0.1) is 12.8 Å². The highest BCUT2D eigenvalue weighted by Gasteiger charge is 2.25. The largest absolute Gasteiger partial charge is 0.468 e. The average Bonchev–Trinajstić information content (AvgIpc) is 2.33. The van der Waals surface area contributed by atoms with Gasteiger partial charge in [0.15, 0.2) is 0 Å². The van der Waals surface area contributed by atoms with E-state index >= 15 is 0 Å². The SMILES string of the molecule is COC(=O)CN1C=NS(=O)(=O)c2ccccc21. The molecule has 17 heavy (non-hydrogen) atoms. The second kappa shape index (κ2) is 4.17. The molecule has 0 saturated carbocycles. The number of fused-ring (bicyclic) bond motifs is 1. The maximum absolute atomic E-state index is 11.6. The van der Waals surface area contributed by atoms with Gasteiger partial charge in [0.2, 0.25) is 0 Å². The number of anilines is 1. The van der Waals surface area contributed by atoms with E-state index in [1.54, 1.807) is 18.2 Å². The highest BCUT2D eigenvalue weighted by atomic mass is 32.2. The molecule has 0 spiro atoms. The standard InChI is InChI=1S/C10H10N2O4S/c1-16-10(13)6-12-7-11-17(14,15)9-5-3-2-4-8(9)12/h2-5,7H,6H2,1H3. The first-order valence-corrected chi connectivity index (χ1v) is 6.21. The Balaban J connectivity index is 2.44. The molecule has 6 nitrogen and oxygen atoms in total. The summed E-state index contributed by atoms with van der Waals surface area (Å²) in [6.45, 7) is -0.0769. The van der Waals surface area contributed by atoms with Gasteiger partial charge in [0, 0.05) is 0 Å². The maximum Gasteiger partial charge on any atom is 0.325 e. The van der Waals surface area contributed by atoms with Gasteiger partial charge in [0.25, 0.3) is 10.0 Å². The molecular formula is C10H10N2O4S. The zero-order chi connectivity index (χ0) is 12.5. The predicted octanol–water partition coefficient (Wildman–Crippen LogP) is 0.397. The Kier molecular flexibility index (Phi) is 2.84. The van der Waals surface area contributed by atoms with Crippen LogP contribution in [0.15, 0.2) is 33.6 Å². The van der Waals surface area contributed by atoms with Gasteiger partial charge in [0.1, 0.15) is 17.8 Å². The Hall–Kier alpha value is -1.89. The Bertz CT molecular complexity index is 580. The number of rotatable bonds is 2. The van der Waals surface area contributed by atoms with Gasteiger partial charge in [-0.05, 0) is 12.1 Å². The van der Waals surface area contributed by atoms with Crippen LogP contribution in [-0.4, -0.2) is 34.4 Å². The molecule has 0 bridgehead atoms. The van der Waals surface area contributed by atoms with E-state index < -0.39 is 16.0 Å². The zero-order valence-corrected chi connectivity index (χ0v) is 9.85. The monoisotopic (exact) mass is 254 g/mol. The fraction of sp³-hybridized carbons (Fsp3) is 0.200. The number of ether oxygens (including phenoxy) is 1. The van der Waals surface area contributed by atoms with E-state index in [0.29, 0.717) is 5.69 Å². The number of benzene rings is 1. The number of esters is 1. The van der Waals surface area contributed by atoms with Gasteiger partial charge in [-0.25, -0.2) is 0 Å². The summed E-state index contributed by atoms with van der Waals surface area (Å²) in [7, 11) is -2.37. The molecule has 0 fully saturated rings. The van der Waals surface area contributed by atoms with Crippen LogP contribution in [0.2, 0.25) is 0 Å². The van der Waals surface area contributed by atoms with Crippen molar-refractivity contribution in [2.45, 2.75) is 4.90 Å². The molecule has 1 aromatic carbocycles. The summed E-state index contributed by atoms with van der Waals surface area (Å²) in [5, 5.41) is 0. The van der Waals surface area contributed by atoms with Crippen LogP contribution in [0.25, 0.3) is 0 Å². The molecule has 0 aromatic heterocycles. The first-order chi connectivity index (χ1) is 8.04. The number of hydrogen-bond donors (Lipinski definition) is 0. The topological polar surface area (TPSA) is 76.0 Å². The lowest BCUT2D eigenvalue weighted by atomic mass is 10.3. The summed E-state index contributed by atoms with van der Waals surface area (Å²) in [6.07, 6.45) is 1.12. The van der Waals surface area contributed by atoms with Crippen molar-refractivity contribution in [2.75, 3.05) is 18.6 Å². The summed E-state index contributed by atoms with van der Waals surface area (Å²) >= 11 is 0. The van der Waals surface area contributed by atoms with Gasteiger partial charge >= 0.3 is 5.97 Å². The minimum absolute atomic E-state index is 0.0769. The average molecular weight is 254 g/mol.